The van der Waals surface area contributed by atoms with E-state index in [2.05, 4.69) is 18.0 Å². The minimum Gasteiger partial charge on any atom is -0.491 e. The molecule has 0 amide bonds. The SMILES string of the molecule is CCCCCc1nccc2c1OCC2. The summed E-state index contributed by atoms with van der Waals surface area (Å²) in [5.74, 6) is 1.07. The quantitative estimate of drug-likeness (QED) is 0.683. The fourth-order valence-corrected chi connectivity index (χ4v) is 1.89. The average molecular weight is 191 g/mol. The number of hydrogen-bond acceptors (Lipinski definition) is 2. The Morgan fingerprint density at radius 3 is 3.21 bits per heavy atom. The number of aryl methyl sites for hydroxylation is 1. The van der Waals surface area contributed by atoms with Gasteiger partial charge in [-0.25, -0.2) is 0 Å². The molecule has 2 heteroatoms. The van der Waals surface area contributed by atoms with E-state index in [1.807, 2.05) is 6.20 Å². The highest BCUT2D eigenvalue weighted by Gasteiger charge is 2.16. The lowest BCUT2D eigenvalue weighted by Crippen LogP contribution is -1.95. The first-order chi connectivity index (χ1) is 6.92. The molecule has 2 heterocycles. The summed E-state index contributed by atoms with van der Waals surface area (Å²) in [4.78, 5) is 4.40. The van der Waals surface area contributed by atoms with E-state index < -0.39 is 0 Å². The maximum absolute atomic E-state index is 5.60. The van der Waals surface area contributed by atoms with Gasteiger partial charge in [-0.3, -0.25) is 4.98 Å². The van der Waals surface area contributed by atoms with Crippen molar-refractivity contribution in [3.63, 3.8) is 0 Å². The molecule has 1 aromatic heterocycles. The highest BCUT2D eigenvalue weighted by molar-refractivity contribution is 5.39. The Morgan fingerprint density at radius 1 is 1.43 bits per heavy atom. The largest absolute Gasteiger partial charge is 0.491 e. The van der Waals surface area contributed by atoms with E-state index in [-0.39, 0.29) is 0 Å². The smallest absolute Gasteiger partial charge is 0.144 e. The summed E-state index contributed by atoms with van der Waals surface area (Å²) in [5, 5.41) is 0. The van der Waals surface area contributed by atoms with E-state index in [1.165, 1.54) is 24.8 Å². The Balaban J connectivity index is 2.06. The highest BCUT2D eigenvalue weighted by Crippen LogP contribution is 2.28. The predicted molar refractivity (Wildman–Crippen MR) is 56.7 cm³/mol. The summed E-state index contributed by atoms with van der Waals surface area (Å²) in [6.07, 6.45) is 7.80. The lowest BCUT2D eigenvalue weighted by atomic mass is 10.1. The molecule has 0 saturated carbocycles. The number of hydrogen-bond donors (Lipinski definition) is 0. The third-order valence-corrected chi connectivity index (χ3v) is 2.69. The van der Waals surface area contributed by atoms with Crippen molar-refractivity contribution < 1.29 is 4.74 Å². The molecule has 0 unspecified atom stereocenters. The normalized spacial score (nSPS) is 13.8. The minimum absolute atomic E-state index is 0.835. The van der Waals surface area contributed by atoms with Gasteiger partial charge >= 0.3 is 0 Å². The van der Waals surface area contributed by atoms with Crippen molar-refractivity contribution in [2.24, 2.45) is 0 Å². The van der Waals surface area contributed by atoms with E-state index in [0.29, 0.717) is 0 Å². The van der Waals surface area contributed by atoms with Gasteiger partial charge in [-0.1, -0.05) is 19.8 Å². The highest BCUT2D eigenvalue weighted by atomic mass is 16.5. The third-order valence-electron chi connectivity index (χ3n) is 2.69. The number of ether oxygens (including phenoxy) is 1. The lowest BCUT2D eigenvalue weighted by molar-refractivity contribution is 0.351. The van der Waals surface area contributed by atoms with Crippen LogP contribution >= 0.6 is 0 Å². The molecule has 2 nitrogen and oxygen atoms in total. The number of unbranched alkanes of at least 4 members (excludes halogenated alkanes) is 2. The second-order valence-electron chi connectivity index (χ2n) is 3.80. The van der Waals surface area contributed by atoms with Gasteiger partial charge < -0.3 is 4.74 Å². The number of pyridine rings is 1. The molecular formula is C12H17NO. The fourth-order valence-electron chi connectivity index (χ4n) is 1.89. The number of nitrogens with zero attached hydrogens (tertiary/aromatic N) is 1. The maximum Gasteiger partial charge on any atom is 0.144 e. The van der Waals surface area contributed by atoms with E-state index in [0.717, 1.165) is 30.9 Å². The summed E-state index contributed by atoms with van der Waals surface area (Å²) in [6, 6.07) is 2.08. The Kier molecular flexibility index (Phi) is 3.02. The summed E-state index contributed by atoms with van der Waals surface area (Å²) in [5.41, 5.74) is 2.50. The van der Waals surface area contributed by atoms with Gasteiger partial charge in [0.2, 0.25) is 0 Å². The number of fused-ring (bicyclic) bond motifs is 1. The lowest BCUT2D eigenvalue weighted by Gasteiger charge is -2.05. The molecule has 0 radical (unpaired) electrons. The molecule has 0 aromatic carbocycles. The zero-order valence-electron chi connectivity index (χ0n) is 8.75. The Bertz CT molecular complexity index is 309. The third kappa shape index (κ3) is 1.89. The van der Waals surface area contributed by atoms with Crippen molar-refractivity contribution >= 4 is 0 Å². The van der Waals surface area contributed by atoms with Crippen LogP contribution in [0.4, 0.5) is 0 Å². The first kappa shape index (κ1) is 9.50. The van der Waals surface area contributed by atoms with E-state index in [1.54, 1.807) is 0 Å². The van der Waals surface area contributed by atoms with Crippen LogP contribution in [0, 0.1) is 0 Å². The molecule has 76 valence electrons. The fraction of sp³-hybridized carbons (Fsp3) is 0.583. The molecule has 1 aliphatic heterocycles. The molecule has 0 bridgehead atoms. The first-order valence-electron chi connectivity index (χ1n) is 5.51. The van der Waals surface area contributed by atoms with Crippen LogP contribution in [0.15, 0.2) is 12.3 Å². The molecule has 2 rings (SSSR count). The van der Waals surface area contributed by atoms with Gasteiger partial charge in [0.1, 0.15) is 5.75 Å². The molecule has 0 atom stereocenters. The monoisotopic (exact) mass is 191 g/mol. The molecule has 0 saturated heterocycles. The van der Waals surface area contributed by atoms with Crippen LogP contribution in [0.1, 0.15) is 37.4 Å². The molecule has 0 fully saturated rings. The summed E-state index contributed by atoms with van der Waals surface area (Å²) < 4.78 is 5.60. The van der Waals surface area contributed by atoms with Crippen molar-refractivity contribution in [3.05, 3.63) is 23.5 Å². The predicted octanol–water partition coefficient (Wildman–Crippen LogP) is 2.75. The number of rotatable bonds is 4. The zero-order chi connectivity index (χ0) is 9.80. The molecule has 1 aliphatic rings. The van der Waals surface area contributed by atoms with E-state index in [9.17, 15) is 0 Å². The van der Waals surface area contributed by atoms with Gasteiger partial charge in [0.25, 0.3) is 0 Å². The second-order valence-corrected chi connectivity index (χ2v) is 3.80. The van der Waals surface area contributed by atoms with E-state index >= 15 is 0 Å². The first-order valence-corrected chi connectivity index (χ1v) is 5.51. The molecule has 14 heavy (non-hydrogen) atoms. The maximum atomic E-state index is 5.60. The van der Waals surface area contributed by atoms with Crippen molar-refractivity contribution in [3.8, 4) is 5.75 Å². The topological polar surface area (TPSA) is 22.1 Å². The second kappa shape index (κ2) is 4.45. The molecule has 0 aliphatic carbocycles. The van der Waals surface area contributed by atoms with Crippen molar-refractivity contribution in [1.29, 1.82) is 0 Å². The summed E-state index contributed by atoms with van der Waals surface area (Å²) >= 11 is 0. The standard InChI is InChI=1S/C12H17NO/c1-2-3-4-5-11-12-10(6-8-13-11)7-9-14-12/h6,8H,2-5,7,9H2,1H3. The molecule has 0 spiro atoms. The van der Waals surface area contributed by atoms with Crippen LogP contribution in [-0.4, -0.2) is 11.6 Å². The molecule has 0 N–H and O–H groups in total. The van der Waals surface area contributed by atoms with Gasteiger partial charge in [0, 0.05) is 18.2 Å². The summed E-state index contributed by atoms with van der Waals surface area (Å²) in [7, 11) is 0. The van der Waals surface area contributed by atoms with Gasteiger partial charge in [0.15, 0.2) is 0 Å². The average Bonchev–Trinajstić information content (AvgIpc) is 2.67. The van der Waals surface area contributed by atoms with Crippen molar-refractivity contribution in [2.75, 3.05) is 6.61 Å². The van der Waals surface area contributed by atoms with Gasteiger partial charge in [-0.2, -0.15) is 0 Å². The number of aromatic nitrogens is 1. The zero-order valence-corrected chi connectivity index (χ0v) is 8.75. The van der Waals surface area contributed by atoms with Crippen LogP contribution in [0.3, 0.4) is 0 Å². The minimum atomic E-state index is 0.835. The molecular weight excluding hydrogens is 174 g/mol. The molecule has 1 aromatic rings. The Labute approximate surface area is 85.3 Å². The van der Waals surface area contributed by atoms with Gasteiger partial charge in [-0.05, 0) is 18.9 Å². The van der Waals surface area contributed by atoms with Crippen LogP contribution in [0.5, 0.6) is 5.75 Å². The van der Waals surface area contributed by atoms with Crippen molar-refractivity contribution in [2.45, 2.75) is 39.0 Å². The van der Waals surface area contributed by atoms with Crippen LogP contribution in [-0.2, 0) is 12.8 Å². The summed E-state index contributed by atoms with van der Waals surface area (Å²) in [6.45, 7) is 3.06. The van der Waals surface area contributed by atoms with Gasteiger partial charge in [0.05, 0.1) is 12.3 Å². The Morgan fingerprint density at radius 2 is 2.36 bits per heavy atom. The van der Waals surface area contributed by atoms with Crippen LogP contribution < -0.4 is 4.74 Å². The van der Waals surface area contributed by atoms with Gasteiger partial charge in [-0.15, -0.1) is 0 Å². The van der Waals surface area contributed by atoms with Crippen molar-refractivity contribution in [1.82, 2.24) is 4.98 Å². The van der Waals surface area contributed by atoms with E-state index in [4.69, 9.17) is 4.74 Å². The Hall–Kier alpha value is -1.05. The van der Waals surface area contributed by atoms with Crippen LogP contribution in [0.25, 0.3) is 0 Å². The van der Waals surface area contributed by atoms with Crippen LogP contribution in [0.2, 0.25) is 0 Å².